The Balaban J connectivity index is 2.52. The Kier molecular flexibility index (Phi) is 2.67. The topological polar surface area (TPSA) is 102 Å². The molecule has 18 heavy (non-hydrogen) atoms. The zero-order chi connectivity index (χ0) is 13.3. The molecule has 0 N–H and O–H groups in total. The maximum absolute atomic E-state index is 12.0. The van der Waals surface area contributed by atoms with Crippen molar-refractivity contribution in [3.63, 3.8) is 0 Å². The second-order valence-corrected chi connectivity index (χ2v) is 4.69. The van der Waals surface area contributed by atoms with Gasteiger partial charge in [0.1, 0.15) is 11.8 Å². The molecule has 0 aliphatic heterocycles. The van der Waals surface area contributed by atoms with Gasteiger partial charge in [-0.1, -0.05) is 31.2 Å². The monoisotopic (exact) mass is 245 g/mol. The van der Waals surface area contributed by atoms with Gasteiger partial charge in [0.2, 0.25) is 0 Å². The van der Waals surface area contributed by atoms with Gasteiger partial charge in [0.15, 0.2) is 5.69 Å². The summed E-state index contributed by atoms with van der Waals surface area (Å²) in [6.45, 7) is 5.67. The highest BCUT2D eigenvalue weighted by Gasteiger charge is 2.27. The molecule has 0 unspecified atom stereocenters. The van der Waals surface area contributed by atoms with Crippen LogP contribution in [0.4, 0.5) is 4.79 Å². The van der Waals surface area contributed by atoms with Gasteiger partial charge in [-0.25, -0.2) is 4.79 Å². The number of hydrogen-bond acceptors (Lipinski definition) is 6. The summed E-state index contributed by atoms with van der Waals surface area (Å²) in [5.41, 5.74) is 0.216. The van der Waals surface area contributed by atoms with Crippen molar-refractivity contribution >= 4 is 6.03 Å². The molecule has 0 aliphatic rings. The van der Waals surface area contributed by atoms with Crippen molar-refractivity contribution in [3.8, 4) is 6.07 Å². The second-order valence-electron chi connectivity index (χ2n) is 4.69. The highest BCUT2D eigenvalue weighted by Crippen LogP contribution is 2.22. The molecule has 0 bridgehead atoms. The Morgan fingerprint density at radius 2 is 2.11 bits per heavy atom. The normalized spacial score (nSPS) is 11.2. The molecule has 0 amide bonds. The molecule has 0 atom stereocenters. The molecular formula is C10H11N7O. The lowest BCUT2D eigenvalue weighted by molar-refractivity contribution is 0.237. The molecule has 92 valence electrons. The van der Waals surface area contributed by atoms with Gasteiger partial charge in [-0.05, 0) is 0 Å². The highest BCUT2D eigenvalue weighted by molar-refractivity contribution is 5.78. The van der Waals surface area contributed by atoms with E-state index in [0.29, 0.717) is 5.69 Å². The molecule has 2 aromatic rings. The Hall–Kier alpha value is -2.56. The lowest BCUT2D eigenvalue weighted by Gasteiger charge is -2.14. The van der Waals surface area contributed by atoms with Gasteiger partial charge in [0.05, 0.1) is 12.4 Å². The summed E-state index contributed by atoms with van der Waals surface area (Å²) in [7, 11) is 0. The van der Waals surface area contributed by atoms with Gasteiger partial charge in [-0.3, -0.25) is 0 Å². The van der Waals surface area contributed by atoms with Crippen molar-refractivity contribution in [2.75, 3.05) is 0 Å². The van der Waals surface area contributed by atoms with Crippen molar-refractivity contribution in [2.24, 2.45) is 0 Å². The lowest BCUT2D eigenvalue weighted by Crippen LogP contribution is -2.23. The van der Waals surface area contributed by atoms with Crippen LogP contribution in [0.25, 0.3) is 0 Å². The van der Waals surface area contributed by atoms with Crippen molar-refractivity contribution in [1.29, 1.82) is 5.26 Å². The van der Waals surface area contributed by atoms with Gasteiger partial charge < -0.3 is 0 Å². The Morgan fingerprint density at radius 3 is 2.61 bits per heavy atom. The molecule has 2 aromatic heterocycles. The van der Waals surface area contributed by atoms with Crippen LogP contribution in [0.1, 0.15) is 32.2 Å². The number of carbonyl (C=O) groups excluding carboxylic acids is 1. The largest absolute Gasteiger partial charge is 0.373 e. The van der Waals surface area contributed by atoms with Crippen molar-refractivity contribution < 1.29 is 4.79 Å². The first kappa shape index (κ1) is 11.9. The van der Waals surface area contributed by atoms with E-state index in [2.05, 4.69) is 20.6 Å². The van der Waals surface area contributed by atoms with Crippen LogP contribution in [-0.2, 0) is 5.41 Å². The standard InChI is InChI=1S/C10H11N7O/c1-10(2,3)8-7(6-11)17(15-13-8)9(18)16-5-4-12-14-16/h4-5H,1-3H3. The van der Waals surface area contributed by atoms with Crippen molar-refractivity contribution in [3.05, 3.63) is 23.8 Å². The van der Waals surface area contributed by atoms with Crippen LogP contribution in [0.5, 0.6) is 0 Å². The van der Waals surface area contributed by atoms with Crippen molar-refractivity contribution in [2.45, 2.75) is 26.2 Å². The van der Waals surface area contributed by atoms with Crippen LogP contribution in [0, 0.1) is 11.3 Å². The molecule has 2 rings (SSSR count). The van der Waals surface area contributed by atoms with E-state index >= 15 is 0 Å². The number of rotatable bonds is 0. The minimum absolute atomic E-state index is 0.114. The number of nitriles is 1. The lowest BCUT2D eigenvalue weighted by atomic mass is 9.91. The minimum Gasteiger partial charge on any atom is -0.243 e. The van der Waals surface area contributed by atoms with Gasteiger partial charge in [0.25, 0.3) is 0 Å². The summed E-state index contributed by atoms with van der Waals surface area (Å²) in [4.78, 5) is 12.0. The third-order valence-corrected chi connectivity index (χ3v) is 2.29. The summed E-state index contributed by atoms with van der Waals surface area (Å²) in [5.74, 6) is 0. The van der Waals surface area contributed by atoms with Crippen LogP contribution in [0.15, 0.2) is 12.4 Å². The van der Waals surface area contributed by atoms with Crippen LogP contribution >= 0.6 is 0 Å². The van der Waals surface area contributed by atoms with Gasteiger partial charge in [-0.15, -0.1) is 14.9 Å². The van der Waals surface area contributed by atoms with Crippen LogP contribution < -0.4 is 0 Å². The Bertz CT molecular complexity index is 612. The quantitative estimate of drug-likeness (QED) is 0.671. The molecule has 0 fully saturated rings. The summed E-state index contributed by atoms with van der Waals surface area (Å²) < 4.78 is 1.91. The highest BCUT2D eigenvalue weighted by atomic mass is 16.2. The first-order valence-electron chi connectivity index (χ1n) is 5.22. The number of carbonyl (C=O) groups is 1. The third-order valence-electron chi connectivity index (χ3n) is 2.29. The molecule has 0 aliphatic carbocycles. The van der Waals surface area contributed by atoms with E-state index in [1.165, 1.54) is 12.4 Å². The maximum atomic E-state index is 12.0. The number of aromatic nitrogens is 6. The molecular weight excluding hydrogens is 234 g/mol. The van der Waals surface area contributed by atoms with E-state index in [4.69, 9.17) is 5.26 Å². The molecule has 8 nitrogen and oxygen atoms in total. The van der Waals surface area contributed by atoms with E-state index in [-0.39, 0.29) is 11.1 Å². The first-order chi connectivity index (χ1) is 8.45. The second kappa shape index (κ2) is 4.03. The SMILES string of the molecule is CC(C)(C)c1nnn(C(=O)n2ccnn2)c1C#N. The fraction of sp³-hybridized carbons (Fsp3) is 0.400. The van der Waals surface area contributed by atoms with Crippen LogP contribution in [-0.4, -0.2) is 36.0 Å². The molecule has 0 spiro atoms. The molecule has 0 radical (unpaired) electrons. The molecule has 0 aromatic carbocycles. The molecule has 2 heterocycles. The van der Waals surface area contributed by atoms with E-state index < -0.39 is 6.03 Å². The minimum atomic E-state index is -0.591. The predicted octanol–water partition coefficient (Wildman–Crippen LogP) is 0.555. The maximum Gasteiger partial charge on any atom is 0.373 e. The molecule has 0 saturated heterocycles. The number of hydrogen-bond donors (Lipinski definition) is 0. The average Bonchev–Trinajstić information content (AvgIpc) is 2.96. The Morgan fingerprint density at radius 1 is 1.39 bits per heavy atom. The smallest absolute Gasteiger partial charge is 0.243 e. The third kappa shape index (κ3) is 1.86. The van der Waals surface area contributed by atoms with Crippen molar-refractivity contribution in [1.82, 2.24) is 30.0 Å². The number of nitrogens with zero attached hydrogens (tertiary/aromatic N) is 7. The van der Waals surface area contributed by atoms with E-state index in [0.717, 1.165) is 9.36 Å². The van der Waals surface area contributed by atoms with Crippen LogP contribution in [0.2, 0.25) is 0 Å². The summed E-state index contributed by atoms with van der Waals surface area (Å²) in [6, 6.07) is 1.36. The first-order valence-corrected chi connectivity index (χ1v) is 5.22. The average molecular weight is 245 g/mol. The van der Waals surface area contributed by atoms with E-state index in [1.807, 2.05) is 26.8 Å². The van der Waals surface area contributed by atoms with Gasteiger partial charge in [0, 0.05) is 5.41 Å². The fourth-order valence-corrected chi connectivity index (χ4v) is 1.43. The predicted molar refractivity (Wildman–Crippen MR) is 59.7 cm³/mol. The molecule has 0 saturated carbocycles. The fourth-order valence-electron chi connectivity index (χ4n) is 1.43. The summed E-state index contributed by atoms with van der Waals surface area (Å²) in [6.07, 6.45) is 2.74. The van der Waals surface area contributed by atoms with E-state index in [9.17, 15) is 4.79 Å². The zero-order valence-corrected chi connectivity index (χ0v) is 10.2. The van der Waals surface area contributed by atoms with E-state index in [1.54, 1.807) is 0 Å². The summed E-state index contributed by atoms with van der Waals surface area (Å²) in [5, 5.41) is 23.8. The van der Waals surface area contributed by atoms with Gasteiger partial charge >= 0.3 is 6.03 Å². The van der Waals surface area contributed by atoms with Gasteiger partial charge in [-0.2, -0.15) is 9.94 Å². The molecule has 8 heteroatoms. The van der Waals surface area contributed by atoms with Crippen LogP contribution in [0.3, 0.4) is 0 Å². The zero-order valence-electron chi connectivity index (χ0n) is 10.2. The Labute approximate surface area is 103 Å². The summed E-state index contributed by atoms with van der Waals surface area (Å²) >= 11 is 0.